The smallest absolute Gasteiger partial charge is 0.264 e. The number of benzene rings is 1. The summed E-state index contributed by atoms with van der Waals surface area (Å²) in [6, 6.07) is 9.33. The minimum Gasteiger partial charge on any atom is -0.278 e. The molecule has 3 aromatic heterocycles. The lowest BCUT2D eigenvalue weighted by atomic mass is 10.0. The summed E-state index contributed by atoms with van der Waals surface area (Å²) < 4.78 is 42.5. The number of rotatable bonds is 5. The average Bonchev–Trinajstić information content (AvgIpc) is 2.84. The van der Waals surface area contributed by atoms with Crippen LogP contribution in [0.4, 0.5) is 10.1 Å². The van der Waals surface area contributed by atoms with Gasteiger partial charge in [-0.05, 0) is 63.1 Å². The van der Waals surface area contributed by atoms with Crippen molar-refractivity contribution in [3.63, 3.8) is 0 Å². The Morgan fingerprint density at radius 1 is 0.972 bits per heavy atom. The molecule has 182 valence electrons. The van der Waals surface area contributed by atoms with Gasteiger partial charge in [-0.1, -0.05) is 24.8 Å². The molecule has 0 aliphatic carbocycles. The number of nitrogens with one attached hydrogen (secondary N) is 1. The maximum atomic E-state index is 14.3. The van der Waals surface area contributed by atoms with Gasteiger partial charge >= 0.3 is 0 Å². The summed E-state index contributed by atoms with van der Waals surface area (Å²) >= 11 is 0. The van der Waals surface area contributed by atoms with E-state index in [1.807, 2.05) is 26.0 Å². The monoisotopic (exact) mass is 501 g/mol. The number of pyridine rings is 2. The van der Waals surface area contributed by atoms with Gasteiger partial charge in [0.05, 0.1) is 28.3 Å². The van der Waals surface area contributed by atoms with Crippen molar-refractivity contribution in [2.75, 3.05) is 4.72 Å². The van der Waals surface area contributed by atoms with Crippen molar-refractivity contribution in [2.24, 2.45) is 0 Å². The molecular weight excluding hydrogens is 477 g/mol. The van der Waals surface area contributed by atoms with Gasteiger partial charge in [0.2, 0.25) is 0 Å². The Morgan fingerprint density at radius 2 is 1.78 bits per heavy atom. The van der Waals surface area contributed by atoms with Crippen molar-refractivity contribution in [3.05, 3.63) is 94.7 Å². The summed E-state index contributed by atoms with van der Waals surface area (Å²) in [6.07, 6.45) is 5.44. The van der Waals surface area contributed by atoms with Crippen molar-refractivity contribution in [1.82, 2.24) is 19.9 Å². The molecule has 36 heavy (non-hydrogen) atoms. The van der Waals surface area contributed by atoms with Crippen LogP contribution < -0.4 is 4.72 Å². The van der Waals surface area contributed by atoms with E-state index < -0.39 is 20.7 Å². The van der Waals surface area contributed by atoms with Crippen LogP contribution in [-0.4, -0.2) is 28.4 Å². The summed E-state index contributed by atoms with van der Waals surface area (Å²) in [4.78, 5) is 16.9. The van der Waals surface area contributed by atoms with Gasteiger partial charge in [0.15, 0.2) is 0 Å². The Balaban J connectivity index is 1.72. The van der Waals surface area contributed by atoms with Crippen molar-refractivity contribution >= 4 is 15.7 Å². The summed E-state index contributed by atoms with van der Waals surface area (Å²) in [5, 5.41) is 0. The molecule has 0 aliphatic rings. The number of aromatic nitrogens is 4. The highest BCUT2D eigenvalue weighted by atomic mass is 32.2. The second-order valence-electron chi connectivity index (χ2n) is 8.23. The van der Waals surface area contributed by atoms with Crippen LogP contribution in [0.15, 0.2) is 60.0 Å². The fraction of sp³-hybridized carbons (Fsp3) is 0.185. The molecule has 0 radical (unpaired) electrons. The van der Waals surface area contributed by atoms with E-state index in [4.69, 9.17) is 0 Å². The van der Waals surface area contributed by atoms with Gasteiger partial charge in [-0.3, -0.25) is 14.7 Å². The number of sulfonamides is 1. The lowest BCUT2D eigenvalue weighted by Crippen LogP contribution is -2.16. The Labute approximate surface area is 210 Å². The van der Waals surface area contributed by atoms with Crippen molar-refractivity contribution in [2.45, 2.75) is 39.0 Å². The molecule has 7 nitrogen and oxygen atoms in total. The molecule has 4 rings (SSSR count). The molecule has 0 saturated heterocycles. The number of hydrogen-bond donors (Lipinski definition) is 1. The predicted octanol–water partition coefficient (Wildman–Crippen LogP) is 4.76. The largest absolute Gasteiger partial charge is 0.278 e. The normalized spacial score (nSPS) is 11.0. The molecular formula is C27H24FN5O2S. The molecule has 0 fully saturated rings. The highest BCUT2D eigenvalue weighted by molar-refractivity contribution is 7.92. The van der Waals surface area contributed by atoms with E-state index in [1.54, 1.807) is 38.4 Å². The van der Waals surface area contributed by atoms with Crippen LogP contribution in [-0.2, 0) is 16.4 Å². The van der Waals surface area contributed by atoms with E-state index >= 15 is 0 Å². The minimum absolute atomic E-state index is 0.215. The highest BCUT2D eigenvalue weighted by Crippen LogP contribution is 2.24. The topological polar surface area (TPSA) is 97.7 Å². The van der Waals surface area contributed by atoms with Gasteiger partial charge in [0, 0.05) is 29.2 Å². The third-order valence-electron chi connectivity index (χ3n) is 5.47. The number of nitrogens with zero attached hydrogens (tertiary/aromatic N) is 4. The van der Waals surface area contributed by atoms with E-state index in [0.717, 1.165) is 17.0 Å². The first kappa shape index (κ1) is 24.9. The van der Waals surface area contributed by atoms with Crippen molar-refractivity contribution in [3.8, 4) is 23.1 Å². The van der Waals surface area contributed by atoms with Crippen molar-refractivity contribution in [1.29, 1.82) is 0 Å². The first-order valence-corrected chi connectivity index (χ1v) is 12.7. The number of hydrogen-bond acceptors (Lipinski definition) is 6. The number of halogens is 1. The Kier molecular flexibility index (Phi) is 7.08. The third kappa shape index (κ3) is 5.39. The van der Waals surface area contributed by atoms with E-state index in [0.29, 0.717) is 34.5 Å². The summed E-state index contributed by atoms with van der Waals surface area (Å²) in [6.45, 7) is 7.23. The van der Waals surface area contributed by atoms with Gasteiger partial charge in [0.1, 0.15) is 17.0 Å². The number of aryl methyl sites for hydroxylation is 4. The summed E-state index contributed by atoms with van der Waals surface area (Å²) in [5.41, 5.74) is 5.63. The zero-order chi connectivity index (χ0) is 25.9. The number of anilines is 1. The Bertz CT molecular complexity index is 1630. The van der Waals surface area contributed by atoms with E-state index in [9.17, 15) is 12.8 Å². The zero-order valence-electron chi connectivity index (χ0n) is 20.3. The SMILES string of the molecule is CCc1ncnc(-c2ccnc(C)c2)c1C#Cc1cnc(C)c(NS(=O)(=O)c2ccc(C)cc2F)c1. The summed E-state index contributed by atoms with van der Waals surface area (Å²) in [7, 11) is -4.16. The molecule has 0 atom stereocenters. The summed E-state index contributed by atoms with van der Waals surface area (Å²) in [5.74, 6) is 5.39. The molecule has 1 aromatic carbocycles. The Hall–Kier alpha value is -4.16. The van der Waals surface area contributed by atoms with Crippen LogP contribution in [0.3, 0.4) is 0 Å². The van der Waals surface area contributed by atoms with Gasteiger partial charge in [-0.2, -0.15) is 0 Å². The molecule has 1 N–H and O–H groups in total. The van der Waals surface area contributed by atoms with Crippen LogP contribution in [0.1, 0.15) is 40.7 Å². The van der Waals surface area contributed by atoms with Crippen LogP contribution in [0, 0.1) is 38.4 Å². The molecule has 0 amide bonds. The molecule has 0 aliphatic heterocycles. The van der Waals surface area contributed by atoms with Gasteiger partial charge in [-0.15, -0.1) is 0 Å². The van der Waals surface area contributed by atoms with Gasteiger partial charge in [0.25, 0.3) is 10.0 Å². The molecule has 0 bridgehead atoms. The molecule has 0 unspecified atom stereocenters. The van der Waals surface area contributed by atoms with E-state index in [2.05, 4.69) is 36.5 Å². The lowest BCUT2D eigenvalue weighted by molar-refractivity contribution is 0.569. The third-order valence-corrected chi connectivity index (χ3v) is 6.87. The second-order valence-corrected chi connectivity index (χ2v) is 9.88. The first-order chi connectivity index (χ1) is 17.2. The minimum atomic E-state index is -4.16. The standard InChI is InChI=1S/C27H24FN5O2S/c1-5-24-22(27(32-16-31-24)21-10-11-29-18(3)13-21)8-7-20-14-25(19(4)30-15-20)33-36(34,35)26-9-6-17(2)12-23(26)28/h6,9-16,33H,5H2,1-4H3. The maximum absolute atomic E-state index is 14.3. The van der Waals surface area contributed by atoms with Gasteiger partial charge in [-0.25, -0.2) is 22.8 Å². The van der Waals surface area contributed by atoms with Crippen LogP contribution in [0.5, 0.6) is 0 Å². The molecule has 0 spiro atoms. The van der Waals surface area contributed by atoms with Crippen LogP contribution >= 0.6 is 0 Å². The fourth-order valence-corrected chi connectivity index (χ4v) is 4.77. The van der Waals surface area contributed by atoms with E-state index in [-0.39, 0.29) is 5.69 Å². The zero-order valence-corrected chi connectivity index (χ0v) is 21.1. The molecule has 3 heterocycles. The maximum Gasteiger partial charge on any atom is 0.264 e. The fourth-order valence-electron chi connectivity index (χ4n) is 3.60. The molecule has 4 aromatic rings. The first-order valence-electron chi connectivity index (χ1n) is 11.2. The average molecular weight is 502 g/mol. The lowest BCUT2D eigenvalue weighted by Gasteiger charge is -2.11. The highest BCUT2D eigenvalue weighted by Gasteiger charge is 2.20. The van der Waals surface area contributed by atoms with Crippen LogP contribution in [0.2, 0.25) is 0 Å². The van der Waals surface area contributed by atoms with E-state index in [1.165, 1.54) is 18.5 Å². The van der Waals surface area contributed by atoms with Crippen molar-refractivity contribution < 1.29 is 12.8 Å². The molecule has 0 saturated carbocycles. The predicted molar refractivity (Wildman–Crippen MR) is 136 cm³/mol. The molecule has 9 heteroatoms. The van der Waals surface area contributed by atoms with Gasteiger partial charge < -0.3 is 0 Å². The Morgan fingerprint density at radius 3 is 2.50 bits per heavy atom. The second kappa shape index (κ2) is 10.2. The van der Waals surface area contributed by atoms with Crippen LogP contribution in [0.25, 0.3) is 11.3 Å². The quantitative estimate of drug-likeness (QED) is 0.396.